The van der Waals surface area contributed by atoms with E-state index in [0.717, 1.165) is 0 Å². The standard InChI is InChI=1S/C20H19NO5/c1-2-25-20(24)18-16(22)12-17(26-18)14-10-6-7-11-15(14)21-19(23)13-8-4-3-5-9-13/h3-11,17-18H,2,12H2,1H3,(H,21,23). The Morgan fingerprint density at radius 3 is 2.54 bits per heavy atom. The van der Waals surface area contributed by atoms with Gasteiger partial charge in [-0.3, -0.25) is 9.59 Å². The lowest BCUT2D eigenvalue weighted by molar-refractivity contribution is -0.158. The maximum absolute atomic E-state index is 12.4. The summed E-state index contributed by atoms with van der Waals surface area (Å²) < 4.78 is 10.5. The Kier molecular flexibility index (Phi) is 5.43. The van der Waals surface area contributed by atoms with Crippen molar-refractivity contribution in [3.63, 3.8) is 0 Å². The highest BCUT2D eigenvalue weighted by atomic mass is 16.6. The molecule has 1 amide bonds. The van der Waals surface area contributed by atoms with E-state index in [9.17, 15) is 14.4 Å². The molecule has 1 aliphatic rings. The molecule has 1 N–H and O–H groups in total. The van der Waals surface area contributed by atoms with Crippen LogP contribution in [-0.2, 0) is 19.1 Å². The number of nitrogens with one attached hydrogen (secondary N) is 1. The van der Waals surface area contributed by atoms with Crippen molar-refractivity contribution in [2.45, 2.75) is 25.6 Å². The molecule has 26 heavy (non-hydrogen) atoms. The number of Topliss-reactive ketones (excluding diaryl/α,β-unsaturated/α-hetero) is 1. The molecule has 134 valence electrons. The monoisotopic (exact) mass is 353 g/mol. The third-order valence-corrected chi connectivity index (χ3v) is 4.07. The molecule has 1 saturated heterocycles. The molecular weight excluding hydrogens is 334 g/mol. The van der Waals surface area contributed by atoms with Crippen LogP contribution in [0.15, 0.2) is 54.6 Å². The van der Waals surface area contributed by atoms with Crippen molar-refractivity contribution in [1.82, 2.24) is 0 Å². The van der Waals surface area contributed by atoms with Gasteiger partial charge < -0.3 is 14.8 Å². The van der Waals surface area contributed by atoms with Crippen molar-refractivity contribution in [2.75, 3.05) is 11.9 Å². The van der Waals surface area contributed by atoms with Crippen molar-refractivity contribution in [3.05, 3.63) is 65.7 Å². The van der Waals surface area contributed by atoms with E-state index in [1.807, 2.05) is 6.07 Å². The maximum Gasteiger partial charge on any atom is 0.343 e. The van der Waals surface area contributed by atoms with E-state index in [0.29, 0.717) is 16.8 Å². The molecule has 1 fully saturated rings. The van der Waals surface area contributed by atoms with Gasteiger partial charge in [-0.2, -0.15) is 0 Å². The number of hydrogen-bond donors (Lipinski definition) is 1. The summed E-state index contributed by atoms with van der Waals surface area (Å²) in [6, 6.07) is 15.9. The molecule has 2 unspecified atom stereocenters. The minimum absolute atomic E-state index is 0.0572. The predicted octanol–water partition coefficient (Wildman–Crippen LogP) is 2.90. The summed E-state index contributed by atoms with van der Waals surface area (Å²) in [6.07, 6.45) is -1.76. The van der Waals surface area contributed by atoms with Crippen LogP contribution in [0.25, 0.3) is 0 Å². The lowest BCUT2D eigenvalue weighted by Crippen LogP contribution is -2.28. The highest BCUT2D eigenvalue weighted by Crippen LogP contribution is 2.35. The van der Waals surface area contributed by atoms with Gasteiger partial charge in [-0.05, 0) is 25.1 Å². The second-order valence-corrected chi connectivity index (χ2v) is 5.83. The first-order valence-electron chi connectivity index (χ1n) is 8.40. The van der Waals surface area contributed by atoms with Crippen LogP contribution < -0.4 is 5.32 Å². The second kappa shape index (κ2) is 7.93. The largest absolute Gasteiger partial charge is 0.464 e. The van der Waals surface area contributed by atoms with Crippen LogP contribution in [0, 0.1) is 0 Å². The predicted molar refractivity (Wildman–Crippen MR) is 94.7 cm³/mol. The fourth-order valence-corrected chi connectivity index (χ4v) is 2.84. The first kappa shape index (κ1) is 17.8. The summed E-state index contributed by atoms with van der Waals surface area (Å²) in [5, 5.41) is 2.84. The van der Waals surface area contributed by atoms with Crippen LogP contribution in [-0.4, -0.2) is 30.4 Å². The highest BCUT2D eigenvalue weighted by Gasteiger charge is 2.40. The lowest BCUT2D eigenvalue weighted by atomic mass is 10.0. The Labute approximate surface area is 151 Å². The molecule has 0 aromatic heterocycles. The number of esters is 1. The molecule has 2 aromatic rings. The number of anilines is 1. The van der Waals surface area contributed by atoms with Crippen molar-refractivity contribution in [2.24, 2.45) is 0 Å². The normalized spacial score (nSPS) is 19.2. The quantitative estimate of drug-likeness (QED) is 0.660. The molecular formula is C20H19NO5. The molecule has 2 aromatic carbocycles. The summed E-state index contributed by atoms with van der Waals surface area (Å²) >= 11 is 0. The van der Waals surface area contributed by atoms with Gasteiger partial charge >= 0.3 is 5.97 Å². The average Bonchev–Trinajstić information content (AvgIpc) is 3.05. The van der Waals surface area contributed by atoms with Crippen LogP contribution in [0.2, 0.25) is 0 Å². The Morgan fingerprint density at radius 2 is 1.81 bits per heavy atom. The van der Waals surface area contributed by atoms with Gasteiger partial charge in [0.15, 0.2) is 5.78 Å². The molecule has 6 heteroatoms. The molecule has 1 aliphatic heterocycles. The molecule has 0 aliphatic carbocycles. The van der Waals surface area contributed by atoms with E-state index in [1.165, 1.54) is 0 Å². The van der Waals surface area contributed by atoms with Gasteiger partial charge in [-0.25, -0.2) is 4.79 Å². The zero-order chi connectivity index (χ0) is 18.5. The fraction of sp³-hybridized carbons (Fsp3) is 0.250. The van der Waals surface area contributed by atoms with Crippen LogP contribution in [0.4, 0.5) is 5.69 Å². The highest BCUT2D eigenvalue weighted by molar-refractivity contribution is 6.05. The number of hydrogen-bond acceptors (Lipinski definition) is 5. The summed E-state index contributed by atoms with van der Waals surface area (Å²) in [7, 11) is 0. The van der Waals surface area contributed by atoms with E-state index >= 15 is 0 Å². The molecule has 2 atom stereocenters. The first-order valence-corrected chi connectivity index (χ1v) is 8.40. The Bertz CT molecular complexity index is 818. The summed E-state index contributed by atoms with van der Waals surface area (Å²) in [5.74, 6) is -1.26. The van der Waals surface area contributed by atoms with Crippen LogP contribution in [0.1, 0.15) is 35.4 Å². The van der Waals surface area contributed by atoms with Gasteiger partial charge in [0.1, 0.15) is 0 Å². The Balaban J connectivity index is 1.79. The molecule has 0 saturated carbocycles. The van der Waals surface area contributed by atoms with Crippen molar-refractivity contribution in [3.8, 4) is 0 Å². The van der Waals surface area contributed by atoms with Gasteiger partial charge in [0.05, 0.1) is 12.7 Å². The zero-order valence-electron chi connectivity index (χ0n) is 14.3. The fourth-order valence-electron chi connectivity index (χ4n) is 2.84. The van der Waals surface area contributed by atoms with Gasteiger partial charge in [-0.15, -0.1) is 0 Å². The lowest BCUT2D eigenvalue weighted by Gasteiger charge is -2.16. The number of para-hydroxylation sites is 1. The molecule has 0 bridgehead atoms. The summed E-state index contributed by atoms with van der Waals surface area (Å²) in [4.78, 5) is 36.4. The van der Waals surface area contributed by atoms with Crippen LogP contribution in [0.5, 0.6) is 0 Å². The van der Waals surface area contributed by atoms with Gasteiger partial charge in [0.25, 0.3) is 5.91 Å². The Hall–Kier alpha value is -2.99. The number of ether oxygens (including phenoxy) is 2. The number of carbonyl (C=O) groups excluding carboxylic acids is 3. The van der Waals surface area contributed by atoms with Crippen LogP contribution in [0.3, 0.4) is 0 Å². The number of carbonyl (C=O) groups is 3. The number of ketones is 1. The number of benzene rings is 2. The van der Waals surface area contributed by atoms with Gasteiger partial charge in [0, 0.05) is 23.2 Å². The van der Waals surface area contributed by atoms with Crippen LogP contribution >= 0.6 is 0 Å². The minimum atomic E-state index is -1.21. The molecule has 0 spiro atoms. The van der Waals surface area contributed by atoms with E-state index in [-0.39, 0.29) is 24.7 Å². The zero-order valence-corrected chi connectivity index (χ0v) is 14.3. The minimum Gasteiger partial charge on any atom is -0.464 e. The topological polar surface area (TPSA) is 81.7 Å². The SMILES string of the molecule is CCOC(=O)C1OC(c2ccccc2NC(=O)c2ccccc2)CC1=O. The maximum atomic E-state index is 12.4. The van der Waals surface area contributed by atoms with E-state index in [2.05, 4.69) is 5.32 Å². The third kappa shape index (κ3) is 3.81. The average molecular weight is 353 g/mol. The van der Waals surface area contributed by atoms with E-state index < -0.39 is 18.2 Å². The third-order valence-electron chi connectivity index (χ3n) is 4.07. The summed E-state index contributed by atoms with van der Waals surface area (Å²) in [6.45, 7) is 1.85. The van der Waals surface area contributed by atoms with E-state index in [1.54, 1.807) is 55.5 Å². The molecule has 3 rings (SSSR count). The number of amides is 1. The molecule has 0 radical (unpaired) electrons. The molecule has 6 nitrogen and oxygen atoms in total. The Morgan fingerprint density at radius 1 is 1.12 bits per heavy atom. The van der Waals surface area contributed by atoms with Crippen molar-refractivity contribution in [1.29, 1.82) is 0 Å². The van der Waals surface area contributed by atoms with Gasteiger partial charge in [0.2, 0.25) is 6.10 Å². The molecule has 1 heterocycles. The second-order valence-electron chi connectivity index (χ2n) is 5.83. The van der Waals surface area contributed by atoms with E-state index in [4.69, 9.17) is 9.47 Å². The first-order chi connectivity index (χ1) is 12.6. The van der Waals surface area contributed by atoms with Crippen molar-refractivity contribution >= 4 is 23.3 Å². The van der Waals surface area contributed by atoms with Crippen molar-refractivity contribution < 1.29 is 23.9 Å². The number of rotatable bonds is 5. The van der Waals surface area contributed by atoms with Gasteiger partial charge in [-0.1, -0.05) is 36.4 Å². The smallest absolute Gasteiger partial charge is 0.343 e. The summed E-state index contributed by atoms with van der Waals surface area (Å²) in [5.41, 5.74) is 1.72.